The normalized spacial score (nSPS) is 13.4. The van der Waals surface area contributed by atoms with E-state index in [4.69, 9.17) is 0 Å². The van der Waals surface area contributed by atoms with Crippen LogP contribution in [0.2, 0.25) is 0 Å². The van der Waals surface area contributed by atoms with Gasteiger partial charge in [-0.2, -0.15) is 0 Å². The first-order valence-corrected chi connectivity index (χ1v) is 8.52. The van der Waals surface area contributed by atoms with Crippen LogP contribution in [0.5, 0.6) is 0 Å². The Kier molecular flexibility index (Phi) is 4.79. The lowest BCUT2D eigenvalue weighted by Gasteiger charge is -2.19. The number of benzene rings is 1. The molecule has 1 fully saturated rings. The molecule has 0 spiro atoms. The van der Waals surface area contributed by atoms with Crippen LogP contribution in [0.15, 0.2) is 30.3 Å². The number of nitrogens with zero attached hydrogens (tertiary/aromatic N) is 3. The molecule has 0 saturated heterocycles. The van der Waals surface area contributed by atoms with Crippen molar-refractivity contribution in [2.24, 2.45) is 0 Å². The van der Waals surface area contributed by atoms with Crippen molar-refractivity contribution in [2.75, 3.05) is 17.3 Å². The fourth-order valence-electron chi connectivity index (χ4n) is 2.76. The van der Waals surface area contributed by atoms with Crippen molar-refractivity contribution in [3.63, 3.8) is 0 Å². The van der Waals surface area contributed by atoms with Gasteiger partial charge in [-0.3, -0.25) is 9.59 Å². The van der Waals surface area contributed by atoms with Gasteiger partial charge in [0.15, 0.2) is 0 Å². The molecule has 0 unspecified atom stereocenters. The van der Waals surface area contributed by atoms with Crippen molar-refractivity contribution in [1.82, 2.24) is 9.97 Å². The second kappa shape index (κ2) is 7.01. The molecule has 1 aromatic heterocycles. The van der Waals surface area contributed by atoms with Gasteiger partial charge >= 0.3 is 0 Å². The minimum absolute atomic E-state index is 0.0471. The lowest BCUT2D eigenvalue weighted by Crippen LogP contribution is -2.28. The lowest BCUT2D eigenvalue weighted by atomic mass is 10.1. The number of hydrogen-bond donors (Lipinski definition) is 1. The Balaban J connectivity index is 1.86. The summed E-state index contributed by atoms with van der Waals surface area (Å²) in [6, 6.07) is 8.91. The van der Waals surface area contributed by atoms with E-state index in [2.05, 4.69) is 15.3 Å². The molecule has 6 nitrogen and oxygen atoms in total. The molecule has 3 rings (SSSR count). The van der Waals surface area contributed by atoms with E-state index in [0.29, 0.717) is 35.2 Å². The van der Waals surface area contributed by atoms with Crippen LogP contribution in [0.25, 0.3) is 0 Å². The summed E-state index contributed by atoms with van der Waals surface area (Å²) in [5.41, 5.74) is 2.01. The zero-order valence-electron chi connectivity index (χ0n) is 14.7. The van der Waals surface area contributed by atoms with Crippen LogP contribution in [0.1, 0.15) is 54.0 Å². The van der Waals surface area contributed by atoms with Crippen LogP contribution < -0.4 is 10.2 Å². The minimum atomic E-state index is -0.286. The predicted octanol–water partition coefficient (Wildman–Crippen LogP) is 3.29. The second-order valence-electron chi connectivity index (χ2n) is 6.28. The molecule has 130 valence electrons. The maximum absolute atomic E-state index is 12.7. The third kappa shape index (κ3) is 3.84. The summed E-state index contributed by atoms with van der Waals surface area (Å²) in [7, 11) is 1.68. The SMILES string of the molecule is CCC(=O)N(C)c1ccccc1C(=O)Nc1cc(C2CC2)nc(C)n1. The molecule has 0 radical (unpaired) electrons. The highest BCUT2D eigenvalue weighted by atomic mass is 16.2. The molecule has 25 heavy (non-hydrogen) atoms. The number of aryl methyl sites for hydroxylation is 1. The zero-order valence-corrected chi connectivity index (χ0v) is 14.7. The summed E-state index contributed by atoms with van der Waals surface area (Å²) in [5.74, 6) is 1.29. The highest BCUT2D eigenvalue weighted by Crippen LogP contribution is 2.39. The highest BCUT2D eigenvalue weighted by Gasteiger charge is 2.26. The van der Waals surface area contributed by atoms with Crippen molar-refractivity contribution < 1.29 is 9.59 Å². The fraction of sp³-hybridized carbons (Fsp3) is 0.368. The maximum Gasteiger partial charge on any atom is 0.258 e. The van der Waals surface area contributed by atoms with Crippen LogP contribution in [0.4, 0.5) is 11.5 Å². The molecule has 0 aliphatic heterocycles. The van der Waals surface area contributed by atoms with Gasteiger partial charge in [-0.25, -0.2) is 9.97 Å². The van der Waals surface area contributed by atoms with Crippen molar-refractivity contribution in [1.29, 1.82) is 0 Å². The van der Waals surface area contributed by atoms with Gasteiger partial charge in [-0.1, -0.05) is 19.1 Å². The van der Waals surface area contributed by atoms with Gasteiger partial charge in [0, 0.05) is 31.1 Å². The first-order chi connectivity index (χ1) is 12.0. The number of hydrogen-bond acceptors (Lipinski definition) is 4. The average Bonchev–Trinajstić information content (AvgIpc) is 3.45. The maximum atomic E-state index is 12.7. The summed E-state index contributed by atoms with van der Waals surface area (Å²) in [5, 5.41) is 2.85. The number of para-hydroxylation sites is 1. The van der Waals surface area contributed by atoms with E-state index in [0.717, 1.165) is 18.5 Å². The van der Waals surface area contributed by atoms with Gasteiger partial charge in [-0.15, -0.1) is 0 Å². The smallest absolute Gasteiger partial charge is 0.258 e. The number of carbonyl (C=O) groups excluding carboxylic acids is 2. The molecule has 0 atom stereocenters. The Labute approximate surface area is 147 Å². The van der Waals surface area contributed by atoms with Crippen molar-refractivity contribution >= 4 is 23.3 Å². The topological polar surface area (TPSA) is 75.2 Å². The van der Waals surface area contributed by atoms with Crippen molar-refractivity contribution in [2.45, 2.75) is 39.0 Å². The minimum Gasteiger partial charge on any atom is -0.315 e. The quantitative estimate of drug-likeness (QED) is 0.908. The Hall–Kier alpha value is -2.76. The van der Waals surface area contributed by atoms with Crippen molar-refractivity contribution in [3.8, 4) is 0 Å². The fourth-order valence-corrected chi connectivity index (χ4v) is 2.76. The van der Waals surface area contributed by atoms with E-state index in [9.17, 15) is 9.59 Å². The Morgan fingerprint density at radius 2 is 1.96 bits per heavy atom. The molecule has 2 aromatic rings. The molecule has 1 saturated carbocycles. The molecule has 1 heterocycles. The standard InChI is InChI=1S/C19H22N4O2/c1-4-18(24)23(3)16-8-6-5-7-14(16)19(25)22-17-11-15(13-9-10-13)20-12(2)21-17/h5-8,11,13H,4,9-10H2,1-3H3,(H,20,21,22,25). The van der Waals surface area contributed by atoms with Gasteiger partial charge in [0.05, 0.1) is 11.3 Å². The van der Waals surface area contributed by atoms with Crippen LogP contribution in [0.3, 0.4) is 0 Å². The van der Waals surface area contributed by atoms with E-state index in [-0.39, 0.29) is 11.8 Å². The summed E-state index contributed by atoms with van der Waals surface area (Å²) in [6.45, 7) is 3.62. The van der Waals surface area contributed by atoms with E-state index in [1.807, 2.05) is 19.1 Å². The number of aromatic nitrogens is 2. The summed E-state index contributed by atoms with van der Waals surface area (Å²) >= 11 is 0. The Morgan fingerprint density at radius 3 is 2.64 bits per heavy atom. The van der Waals surface area contributed by atoms with E-state index in [1.54, 1.807) is 32.2 Å². The van der Waals surface area contributed by atoms with Gasteiger partial charge in [0.1, 0.15) is 11.6 Å². The highest BCUT2D eigenvalue weighted by molar-refractivity contribution is 6.10. The van der Waals surface area contributed by atoms with Crippen LogP contribution in [0, 0.1) is 6.92 Å². The van der Waals surface area contributed by atoms with Crippen LogP contribution >= 0.6 is 0 Å². The van der Waals surface area contributed by atoms with E-state index >= 15 is 0 Å². The average molecular weight is 338 g/mol. The monoisotopic (exact) mass is 338 g/mol. The first kappa shape index (κ1) is 17.1. The molecular formula is C19H22N4O2. The van der Waals surface area contributed by atoms with Gasteiger partial charge in [0.2, 0.25) is 5.91 Å². The molecule has 1 N–H and O–H groups in total. The third-order valence-corrected chi connectivity index (χ3v) is 4.28. The summed E-state index contributed by atoms with van der Waals surface area (Å²) in [4.78, 5) is 35.0. The Bertz CT molecular complexity index is 815. The largest absolute Gasteiger partial charge is 0.315 e. The zero-order chi connectivity index (χ0) is 18.0. The number of amides is 2. The van der Waals surface area contributed by atoms with Gasteiger partial charge in [-0.05, 0) is 31.9 Å². The molecule has 1 aliphatic rings. The Morgan fingerprint density at radius 1 is 1.24 bits per heavy atom. The van der Waals surface area contributed by atoms with Crippen LogP contribution in [-0.2, 0) is 4.79 Å². The molecular weight excluding hydrogens is 316 g/mol. The van der Waals surface area contributed by atoms with E-state index in [1.165, 1.54) is 4.90 Å². The molecule has 1 aliphatic carbocycles. The number of anilines is 2. The molecule has 6 heteroatoms. The second-order valence-corrected chi connectivity index (χ2v) is 6.28. The number of rotatable bonds is 5. The molecule has 1 aromatic carbocycles. The van der Waals surface area contributed by atoms with Gasteiger partial charge in [0.25, 0.3) is 5.91 Å². The molecule has 2 amide bonds. The third-order valence-electron chi connectivity index (χ3n) is 4.28. The van der Waals surface area contributed by atoms with E-state index < -0.39 is 0 Å². The van der Waals surface area contributed by atoms with Crippen LogP contribution in [-0.4, -0.2) is 28.8 Å². The van der Waals surface area contributed by atoms with Crippen molar-refractivity contribution in [3.05, 3.63) is 47.4 Å². The van der Waals surface area contributed by atoms with Gasteiger partial charge < -0.3 is 10.2 Å². The number of nitrogens with one attached hydrogen (secondary N) is 1. The predicted molar refractivity (Wildman–Crippen MR) is 96.8 cm³/mol. The lowest BCUT2D eigenvalue weighted by molar-refractivity contribution is -0.118. The first-order valence-electron chi connectivity index (χ1n) is 8.52. The molecule has 0 bridgehead atoms. The summed E-state index contributed by atoms with van der Waals surface area (Å²) < 4.78 is 0. The number of carbonyl (C=O) groups is 2. The summed E-state index contributed by atoms with van der Waals surface area (Å²) in [6.07, 6.45) is 2.65.